The zero-order chi connectivity index (χ0) is 14.3. The van der Waals surface area contributed by atoms with Gasteiger partial charge in [0.1, 0.15) is 5.82 Å². The fourth-order valence-electron chi connectivity index (χ4n) is 2.21. The number of aryl methyl sites for hydroxylation is 1. The van der Waals surface area contributed by atoms with E-state index in [0.29, 0.717) is 5.69 Å². The summed E-state index contributed by atoms with van der Waals surface area (Å²) in [6.07, 6.45) is 1.86. The van der Waals surface area contributed by atoms with Crippen LogP contribution in [0.15, 0.2) is 42.6 Å². The minimum Gasteiger partial charge on any atom is -0.399 e. The number of benzene rings is 1. The Morgan fingerprint density at radius 1 is 1.25 bits per heavy atom. The predicted octanol–water partition coefficient (Wildman–Crippen LogP) is 2.80. The van der Waals surface area contributed by atoms with Crippen molar-refractivity contribution in [1.82, 2.24) is 9.38 Å². The van der Waals surface area contributed by atoms with E-state index in [1.807, 2.05) is 23.6 Å². The van der Waals surface area contributed by atoms with Gasteiger partial charge in [-0.15, -0.1) is 0 Å². The first-order valence-electron chi connectivity index (χ1n) is 6.05. The summed E-state index contributed by atoms with van der Waals surface area (Å²) < 4.78 is 1.94. The quantitative estimate of drug-likeness (QED) is 0.572. The molecular weight excluding hydrogens is 256 g/mol. The molecule has 6 nitrogen and oxygen atoms in total. The van der Waals surface area contributed by atoms with Gasteiger partial charge < -0.3 is 10.1 Å². The number of nitro groups is 1. The van der Waals surface area contributed by atoms with Gasteiger partial charge in [-0.05, 0) is 31.2 Å². The van der Waals surface area contributed by atoms with Gasteiger partial charge in [0.15, 0.2) is 0 Å². The van der Waals surface area contributed by atoms with Crippen LogP contribution in [0, 0.1) is 17.0 Å². The van der Waals surface area contributed by atoms with E-state index in [1.54, 1.807) is 18.2 Å². The van der Waals surface area contributed by atoms with Crippen LogP contribution in [-0.2, 0) is 0 Å². The van der Waals surface area contributed by atoms with E-state index in [1.165, 1.54) is 12.1 Å². The summed E-state index contributed by atoms with van der Waals surface area (Å²) in [5.41, 5.74) is 9.01. The van der Waals surface area contributed by atoms with E-state index in [2.05, 4.69) is 4.98 Å². The first kappa shape index (κ1) is 12.2. The van der Waals surface area contributed by atoms with Gasteiger partial charge in [-0.3, -0.25) is 10.1 Å². The molecule has 0 saturated heterocycles. The highest BCUT2D eigenvalue weighted by atomic mass is 16.6. The van der Waals surface area contributed by atoms with Gasteiger partial charge in [0.25, 0.3) is 5.69 Å². The van der Waals surface area contributed by atoms with Crippen molar-refractivity contribution in [2.24, 2.45) is 0 Å². The van der Waals surface area contributed by atoms with Gasteiger partial charge in [-0.2, -0.15) is 0 Å². The Morgan fingerprint density at radius 3 is 2.60 bits per heavy atom. The Morgan fingerprint density at radius 2 is 1.95 bits per heavy atom. The Kier molecular flexibility index (Phi) is 2.64. The highest BCUT2D eigenvalue weighted by Crippen LogP contribution is 2.27. The second-order valence-electron chi connectivity index (χ2n) is 4.53. The van der Waals surface area contributed by atoms with Crippen molar-refractivity contribution in [3.05, 3.63) is 58.5 Å². The van der Waals surface area contributed by atoms with Crippen molar-refractivity contribution in [2.45, 2.75) is 6.92 Å². The van der Waals surface area contributed by atoms with Gasteiger partial charge in [-0.25, -0.2) is 4.98 Å². The molecule has 0 radical (unpaired) electrons. The highest BCUT2D eigenvalue weighted by molar-refractivity contribution is 5.80. The molecule has 0 aliphatic carbocycles. The third-order valence-corrected chi connectivity index (χ3v) is 3.20. The number of hydrogen-bond donors (Lipinski definition) is 1. The van der Waals surface area contributed by atoms with Gasteiger partial charge in [-0.1, -0.05) is 0 Å². The van der Waals surface area contributed by atoms with Gasteiger partial charge in [0, 0.05) is 29.6 Å². The highest BCUT2D eigenvalue weighted by Gasteiger charge is 2.12. The molecule has 0 atom stereocenters. The number of nitro benzene ring substituents is 1. The minimum absolute atomic E-state index is 0.0634. The fourth-order valence-corrected chi connectivity index (χ4v) is 2.21. The number of nitrogens with zero attached hydrogens (tertiary/aromatic N) is 3. The normalized spacial score (nSPS) is 10.8. The van der Waals surface area contributed by atoms with Crippen LogP contribution in [0.5, 0.6) is 0 Å². The van der Waals surface area contributed by atoms with Crippen molar-refractivity contribution in [2.75, 3.05) is 5.73 Å². The first-order chi connectivity index (χ1) is 9.56. The summed E-state index contributed by atoms with van der Waals surface area (Å²) in [6.45, 7) is 1.90. The summed E-state index contributed by atoms with van der Waals surface area (Å²) in [4.78, 5) is 14.8. The molecule has 3 rings (SSSR count). The molecule has 3 aromatic rings. The molecule has 100 valence electrons. The standard InChI is InChI=1S/C14H12N4O2/c1-9-16-14(13-8-11(15)6-7-17(9)13)10-2-4-12(5-3-10)18(19)20/h2-8H,15H2,1H3. The van der Waals surface area contributed by atoms with Crippen LogP contribution in [0.25, 0.3) is 16.8 Å². The lowest BCUT2D eigenvalue weighted by molar-refractivity contribution is -0.384. The third kappa shape index (κ3) is 1.87. The van der Waals surface area contributed by atoms with Gasteiger partial charge >= 0.3 is 0 Å². The smallest absolute Gasteiger partial charge is 0.269 e. The lowest BCUT2D eigenvalue weighted by atomic mass is 10.1. The molecule has 0 fully saturated rings. The van der Waals surface area contributed by atoms with E-state index < -0.39 is 4.92 Å². The van der Waals surface area contributed by atoms with Crippen molar-refractivity contribution < 1.29 is 4.92 Å². The molecule has 6 heteroatoms. The second kappa shape index (κ2) is 4.34. The lowest BCUT2D eigenvalue weighted by Crippen LogP contribution is -1.90. The van der Waals surface area contributed by atoms with Crippen molar-refractivity contribution in [1.29, 1.82) is 0 Å². The van der Waals surface area contributed by atoms with E-state index in [9.17, 15) is 10.1 Å². The van der Waals surface area contributed by atoms with Crippen LogP contribution < -0.4 is 5.73 Å². The summed E-state index contributed by atoms with van der Waals surface area (Å²) in [6, 6.07) is 9.99. The maximum absolute atomic E-state index is 10.7. The fraction of sp³-hybridized carbons (Fsp3) is 0.0714. The number of pyridine rings is 1. The van der Waals surface area contributed by atoms with Crippen molar-refractivity contribution in [3.63, 3.8) is 0 Å². The number of fused-ring (bicyclic) bond motifs is 1. The maximum atomic E-state index is 10.7. The summed E-state index contributed by atoms with van der Waals surface area (Å²) in [5.74, 6) is 0.841. The van der Waals surface area contributed by atoms with Gasteiger partial charge in [0.05, 0.1) is 16.1 Å². The van der Waals surface area contributed by atoms with Crippen molar-refractivity contribution in [3.8, 4) is 11.3 Å². The average molecular weight is 268 g/mol. The predicted molar refractivity (Wildman–Crippen MR) is 76.4 cm³/mol. The minimum atomic E-state index is -0.418. The summed E-state index contributed by atoms with van der Waals surface area (Å²) >= 11 is 0. The molecule has 0 bridgehead atoms. The van der Waals surface area contributed by atoms with E-state index in [4.69, 9.17) is 5.73 Å². The number of non-ortho nitro benzene ring substituents is 1. The molecule has 2 N–H and O–H groups in total. The average Bonchev–Trinajstić information content (AvgIpc) is 2.75. The molecule has 0 aliphatic heterocycles. The van der Waals surface area contributed by atoms with E-state index >= 15 is 0 Å². The Balaban J connectivity index is 2.18. The molecule has 0 spiro atoms. The van der Waals surface area contributed by atoms with Crippen LogP contribution in [0.3, 0.4) is 0 Å². The molecule has 0 saturated carbocycles. The number of nitrogens with two attached hydrogens (primary N) is 1. The molecule has 2 aromatic heterocycles. The van der Waals surface area contributed by atoms with Crippen LogP contribution >= 0.6 is 0 Å². The molecular formula is C14H12N4O2. The molecule has 0 unspecified atom stereocenters. The molecule has 0 amide bonds. The number of hydrogen-bond acceptors (Lipinski definition) is 4. The zero-order valence-corrected chi connectivity index (χ0v) is 10.8. The van der Waals surface area contributed by atoms with E-state index in [0.717, 1.165) is 22.6 Å². The maximum Gasteiger partial charge on any atom is 0.269 e. The Labute approximate surface area is 114 Å². The Bertz CT molecular complexity index is 806. The van der Waals surface area contributed by atoms with Crippen LogP contribution in [0.1, 0.15) is 5.82 Å². The second-order valence-corrected chi connectivity index (χ2v) is 4.53. The van der Waals surface area contributed by atoms with E-state index in [-0.39, 0.29) is 5.69 Å². The van der Waals surface area contributed by atoms with Crippen LogP contribution in [-0.4, -0.2) is 14.3 Å². The molecule has 1 aromatic carbocycles. The van der Waals surface area contributed by atoms with Crippen LogP contribution in [0.4, 0.5) is 11.4 Å². The number of anilines is 1. The number of aromatic nitrogens is 2. The summed E-state index contributed by atoms with van der Waals surface area (Å²) in [5, 5.41) is 10.7. The monoisotopic (exact) mass is 268 g/mol. The topological polar surface area (TPSA) is 86.5 Å². The SMILES string of the molecule is Cc1nc(-c2ccc([N+](=O)[O-])cc2)c2cc(N)ccn12. The molecule has 20 heavy (non-hydrogen) atoms. The zero-order valence-electron chi connectivity index (χ0n) is 10.8. The largest absolute Gasteiger partial charge is 0.399 e. The number of imidazole rings is 1. The number of rotatable bonds is 2. The van der Waals surface area contributed by atoms with Crippen LogP contribution in [0.2, 0.25) is 0 Å². The first-order valence-corrected chi connectivity index (χ1v) is 6.05. The summed E-state index contributed by atoms with van der Waals surface area (Å²) in [7, 11) is 0. The lowest BCUT2D eigenvalue weighted by Gasteiger charge is -2.00. The van der Waals surface area contributed by atoms with Crippen molar-refractivity contribution >= 4 is 16.9 Å². The molecule has 2 heterocycles. The third-order valence-electron chi connectivity index (χ3n) is 3.20. The molecule has 0 aliphatic rings. The Hall–Kier alpha value is -2.89. The number of nitrogen functional groups attached to an aromatic ring is 1. The van der Waals surface area contributed by atoms with Gasteiger partial charge in [0.2, 0.25) is 0 Å².